The van der Waals surface area contributed by atoms with Crippen LogP contribution < -0.4 is 21.8 Å². The van der Waals surface area contributed by atoms with Crippen LogP contribution >= 0.6 is 24.2 Å². The van der Waals surface area contributed by atoms with Crippen LogP contribution in [0.4, 0.5) is 0 Å². The lowest BCUT2D eigenvalue weighted by molar-refractivity contribution is -0.132. The molecule has 3 atom stereocenters. The molecule has 0 aliphatic carbocycles. The van der Waals surface area contributed by atoms with E-state index in [4.69, 9.17) is 10.9 Å². The molecule has 1 aliphatic heterocycles. The molecule has 1 aromatic rings. The maximum absolute atomic E-state index is 13.1. The fourth-order valence-electron chi connectivity index (χ4n) is 3.29. The minimum atomic E-state index is -4.05. The lowest BCUT2D eigenvalue weighted by Gasteiger charge is -2.22. The van der Waals surface area contributed by atoms with Crippen LogP contribution in [0.25, 0.3) is 0 Å². The van der Waals surface area contributed by atoms with Crippen LogP contribution in [0.5, 0.6) is 0 Å². The van der Waals surface area contributed by atoms with Gasteiger partial charge in [-0.1, -0.05) is 17.7 Å². The van der Waals surface area contributed by atoms with E-state index in [1.54, 1.807) is 23.9 Å². The van der Waals surface area contributed by atoms with Gasteiger partial charge in [0, 0.05) is 12.6 Å². The summed E-state index contributed by atoms with van der Waals surface area (Å²) in [6, 6.07) is 3.51. The first-order valence-electron chi connectivity index (χ1n) is 9.94. The predicted molar refractivity (Wildman–Crippen MR) is 127 cm³/mol. The van der Waals surface area contributed by atoms with Crippen molar-refractivity contribution in [2.45, 2.75) is 42.8 Å². The van der Waals surface area contributed by atoms with Crippen molar-refractivity contribution in [3.63, 3.8) is 0 Å². The van der Waals surface area contributed by atoms with Gasteiger partial charge in [-0.15, -0.1) is 12.4 Å². The number of rotatable bonds is 10. The van der Waals surface area contributed by atoms with Gasteiger partial charge in [-0.25, -0.2) is 13.9 Å². The Morgan fingerprint density at radius 3 is 2.48 bits per heavy atom. The summed E-state index contributed by atoms with van der Waals surface area (Å²) in [5.41, 5.74) is 8.11. The fraction of sp³-hybridized carbons (Fsp3) is 0.526. The average Bonchev–Trinajstić information content (AvgIpc) is 3.20. The molecule has 1 fully saturated rings. The third kappa shape index (κ3) is 7.83. The maximum Gasteiger partial charge on any atom is 0.261 e. The summed E-state index contributed by atoms with van der Waals surface area (Å²) in [7, 11) is -4.05. The molecule has 0 unspecified atom stereocenters. The van der Waals surface area contributed by atoms with Crippen molar-refractivity contribution in [1.82, 2.24) is 20.4 Å². The Kier molecular flexibility index (Phi) is 11.6. The minimum absolute atomic E-state index is 0. The number of aryl methyl sites for hydroxylation is 1. The summed E-state index contributed by atoms with van der Waals surface area (Å²) in [4.78, 5) is 36.3. The second kappa shape index (κ2) is 13.1. The Morgan fingerprint density at radius 2 is 1.91 bits per heavy atom. The molecule has 0 saturated carbocycles. The molecule has 186 valence electrons. The number of hydrogen-bond donors (Lipinski definition) is 5. The number of nitrogens with two attached hydrogens (primary N) is 1. The molecular weight excluding hydrogens is 494 g/mol. The number of sulfonamides is 1. The van der Waals surface area contributed by atoms with Crippen molar-refractivity contribution >= 4 is 51.9 Å². The lowest BCUT2D eigenvalue weighted by Crippen LogP contribution is -2.47. The molecule has 0 aromatic heterocycles. The minimum Gasteiger partial charge on any atom is -0.350 e. The van der Waals surface area contributed by atoms with Gasteiger partial charge in [0.1, 0.15) is 6.04 Å². The van der Waals surface area contributed by atoms with Gasteiger partial charge in [0.15, 0.2) is 0 Å². The molecule has 6 N–H and O–H groups in total. The number of carbonyl (C=O) groups is 3. The quantitative estimate of drug-likeness (QED) is 0.199. The zero-order valence-electron chi connectivity index (χ0n) is 18.3. The van der Waals surface area contributed by atoms with E-state index in [0.29, 0.717) is 12.2 Å². The maximum atomic E-state index is 13.1. The van der Waals surface area contributed by atoms with Gasteiger partial charge in [-0.05, 0) is 43.9 Å². The molecule has 3 amide bonds. The highest BCUT2D eigenvalue weighted by molar-refractivity contribution is 7.98. The van der Waals surface area contributed by atoms with Crippen molar-refractivity contribution < 1.29 is 28.0 Å². The van der Waals surface area contributed by atoms with Gasteiger partial charge >= 0.3 is 0 Å². The summed E-state index contributed by atoms with van der Waals surface area (Å²) in [6.45, 7) is 1.32. The number of halogens is 1. The van der Waals surface area contributed by atoms with E-state index in [-0.39, 0.29) is 36.8 Å². The first-order valence-corrected chi connectivity index (χ1v) is 12.8. The normalized spacial score (nSPS) is 19.3. The van der Waals surface area contributed by atoms with Crippen LogP contribution in [-0.2, 0) is 24.4 Å². The topological polar surface area (TPSA) is 171 Å². The number of nitrogens with one attached hydrogen (secondary N) is 3. The molecule has 11 nitrogen and oxygen atoms in total. The zero-order valence-corrected chi connectivity index (χ0v) is 20.8. The molecule has 14 heteroatoms. The Labute approximate surface area is 203 Å². The van der Waals surface area contributed by atoms with Crippen LogP contribution in [0.3, 0.4) is 0 Å². The summed E-state index contributed by atoms with van der Waals surface area (Å²) in [6.07, 6.45) is 2.33. The van der Waals surface area contributed by atoms with Crippen LogP contribution in [0.2, 0.25) is 0 Å². The highest BCUT2D eigenvalue weighted by atomic mass is 35.5. The molecule has 33 heavy (non-hydrogen) atoms. The summed E-state index contributed by atoms with van der Waals surface area (Å²) >= 11 is 1.56. The SMILES string of the molecule is CSCC[C@H](N)C(=O)NCC(=O)N[C@H]1C[C@@H](C(=O)NO)N(S(=O)(=O)c2ccc(C)cc2)C1.Cl. The number of hydrogen-bond acceptors (Lipinski definition) is 8. The van der Waals surface area contributed by atoms with Crippen LogP contribution in [0.1, 0.15) is 18.4 Å². The van der Waals surface area contributed by atoms with Gasteiger partial charge < -0.3 is 16.4 Å². The Balaban J connectivity index is 0.00000544. The van der Waals surface area contributed by atoms with E-state index in [1.165, 1.54) is 17.6 Å². The number of nitrogens with zero attached hydrogens (tertiary/aromatic N) is 1. The fourth-order valence-corrected chi connectivity index (χ4v) is 5.42. The van der Waals surface area contributed by atoms with Gasteiger partial charge in [-0.3, -0.25) is 19.6 Å². The molecule has 2 rings (SSSR count). The van der Waals surface area contributed by atoms with E-state index in [9.17, 15) is 22.8 Å². The highest BCUT2D eigenvalue weighted by Crippen LogP contribution is 2.27. The van der Waals surface area contributed by atoms with Crippen LogP contribution in [0, 0.1) is 6.92 Å². The Bertz CT molecular complexity index is 931. The van der Waals surface area contributed by atoms with Gasteiger partial charge in [0.05, 0.1) is 17.5 Å². The lowest BCUT2D eigenvalue weighted by atomic mass is 10.1. The van der Waals surface area contributed by atoms with E-state index < -0.39 is 45.9 Å². The Morgan fingerprint density at radius 1 is 1.27 bits per heavy atom. The Hall–Kier alpha value is -1.90. The summed E-state index contributed by atoms with van der Waals surface area (Å²) < 4.78 is 27.1. The summed E-state index contributed by atoms with van der Waals surface area (Å²) in [5, 5.41) is 14.1. The molecule has 1 heterocycles. The van der Waals surface area contributed by atoms with Crippen LogP contribution in [0.15, 0.2) is 29.2 Å². The molecule has 1 aromatic carbocycles. The van der Waals surface area contributed by atoms with E-state index in [2.05, 4.69) is 10.6 Å². The predicted octanol–water partition coefficient (Wildman–Crippen LogP) is -0.633. The molecule has 1 aliphatic rings. The first-order chi connectivity index (χ1) is 15.1. The zero-order chi connectivity index (χ0) is 23.9. The monoisotopic (exact) mass is 523 g/mol. The largest absolute Gasteiger partial charge is 0.350 e. The van der Waals surface area contributed by atoms with Crippen molar-refractivity contribution in [3.8, 4) is 0 Å². The van der Waals surface area contributed by atoms with Crippen molar-refractivity contribution in [2.24, 2.45) is 5.73 Å². The average molecular weight is 524 g/mol. The molecular formula is C19H30ClN5O6S2. The van der Waals surface area contributed by atoms with Gasteiger partial charge in [-0.2, -0.15) is 16.1 Å². The van der Waals surface area contributed by atoms with E-state index >= 15 is 0 Å². The summed E-state index contributed by atoms with van der Waals surface area (Å²) in [5.74, 6) is -1.19. The highest BCUT2D eigenvalue weighted by Gasteiger charge is 2.44. The molecule has 0 radical (unpaired) electrons. The third-order valence-corrected chi connectivity index (χ3v) is 7.59. The molecule has 0 spiro atoms. The smallest absolute Gasteiger partial charge is 0.261 e. The molecule has 0 bridgehead atoms. The van der Waals surface area contributed by atoms with E-state index in [1.807, 2.05) is 13.2 Å². The van der Waals surface area contributed by atoms with Crippen molar-refractivity contribution in [3.05, 3.63) is 29.8 Å². The number of benzene rings is 1. The second-order valence-corrected chi connectivity index (χ2v) is 10.4. The standard InChI is InChI=1S/C19H29N5O6S2.ClH/c1-12-3-5-14(6-4-12)32(29,30)24-11-13(9-16(24)19(27)23-28)22-17(25)10-21-18(26)15(20)7-8-31-2;/h3-6,13,15-16,28H,7-11,20H2,1-2H3,(H,21,26)(H,22,25)(H,23,27);1H/t13-,15-,16-;/m0./s1. The van der Waals surface area contributed by atoms with Crippen molar-refractivity contribution in [1.29, 1.82) is 0 Å². The van der Waals surface area contributed by atoms with Crippen LogP contribution in [-0.4, -0.2) is 78.9 Å². The van der Waals surface area contributed by atoms with E-state index in [0.717, 1.165) is 9.87 Å². The van der Waals surface area contributed by atoms with Gasteiger partial charge in [0.25, 0.3) is 5.91 Å². The first kappa shape index (κ1) is 29.1. The number of carbonyl (C=O) groups excluding carboxylic acids is 3. The number of amides is 3. The van der Waals surface area contributed by atoms with Gasteiger partial charge in [0.2, 0.25) is 21.8 Å². The number of thioether (sulfide) groups is 1. The molecule has 1 saturated heterocycles. The third-order valence-electron chi connectivity index (χ3n) is 5.05. The van der Waals surface area contributed by atoms with Crippen molar-refractivity contribution in [2.75, 3.05) is 25.1 Å². The second-order valence-electron chi connectivity index (χ2n) is 7.49. The number of hydroxylamine groups is 1.